The molecule has 102 valence electrons. The second-order valence-electron chi connectivity index (χ2n) is 4.87. The molecule has 4 heteroatoms. The summed E-state index contributed by atoms with van der Waals surface area (Å²) in [5.41, 5.74) is 1.07. The molecule has 0 aliphatic heterocycles. The molecule has 0 saturated carbocycles. The van der Waals surface area contributed by atoms with Crippen molar-refractivity contribution in [3.8, 4) is 0 Å². The predicted octanol–water partition coefficient (Wildman–Crippen LogP) is 4.00. The van der Waals surface area contributed by atoms with Crippen LogP contribution in [0.4, 0.5) is 4.39 Å². The predicted molar refractivity (Wildman–Crippen MR) is 80.1 cm³/mol. The molecule has 1 N–H and O–H groups in total. The number of halogens is 2. The first-order valence-corrected chi connectivity index (χ1v) is 7.75. The van der Waals surface area contributed by atoms with Crippen LogP contribution in [-0.4, -0.2) is 24.6 Å². The molecule has 0 radical (unpaired) electrons. The van der Waals surface area contributed by atoms with E-state index in [1.807, 2.05) is 18.8 Å². The molecular formula is C14H21ClFNS. The first-order valence-electron chi connectivity index (χ1n) is 6.22. The summed E-state index contributed by atoms with van der Waals surface area (Å²) in [6.07, 6.45) is 0.877. The van der Waals surface area contributed by atoms with Crippen molar-refractivity contribution in [2.45, 2.75) is 26.3 Å². The molecule has 0 aromatic heterocycles. The van der Waals surface area contributed by atoms with Crippen molar-refractivity contribution in [2.75, 3.05) is 18.6 Å². The lowest BCUT2D eigenvalue weighted by Crippen LogP contribution is -2.30. The number of nitrogens with one attached hydrogen (secondary N) is 1. The minimum Gasteiger partial charge on any atom is -0.316 e. The molecule has 1 aromatic carbocycles. The molecule has 18 heavy (non-hydrogen) atoms. The first-order chi connectivity index (χ1) is 8.52. The largest absolute Gasteiger partial charge is 0.316 e. The molecule has 0 saturated heterocycles. The molecule has 0 heterocycles. The Morgan fingerprint density at radius 3 is 2.61 bits per heavy atom. The van der Waals surface area contributed by atoms with Crippen LogP contribution in [0.1, 0.15) is 19.4 Å². The maximum Gasteiger partial charge on any atom is 0.141 e. The lowest BCUT2D eigenvalue weighted by molar-refractivity contribution is 0.609. The number of rotatable bonds is 7. The van der Waals surface area contributed by atoms with Gasteiger partial charge in [0.2, 0.25) is 0 Å². The summed E-state index contributed by atoms with van der Waals surface area (Å²) < 4.78 is 13.1. The van der Waals surface area contributed by atoms with E-state index in [1.165, 1.54) is 11.8 Å². The van der Waals surface area contributed by atoms with E-state index in [-0.39, 0.29) is 10.8 Å². The summed E-state index contributed by atoms with van der Waals surface area (Å²) in [4.78, 5) is 0. The third kappa shape index (κ3) is 5.59. The van der Waals surface area contributed by atoms with Crippen LogP contribution >= 0.6 is 23.4 Å². The Balaban J connectivity index is 2.49. The van der Waals surface area contributed by atoms with Crippen molar-refractivity contribution in [3.63, 3.8) is 0 Å². The number of thioether (sulfide) groups is 1. The third-order valence-electron chi connectivity index (χ3n) is 2.64. The van der Waals surface area contributed by atoms with Crippen molar-refractivity contribution in [1.82, 2.24) is 5.32 Å². The second-order valence-corrected chi connectivity index (χ2v) is 6.35. The highest BCUT2D eigenvalue weighted by Gasteiger charge is 2.09. The molecule has 0 amide bonds. The second kappa shape index (κ2) is 8.03. The summed E-state index contributed by atoms with van der Waals surface area (Å²) in [6.45, 7) is 4.45. The van der Waals surface area contributed by atoms with Crippen LogP contribution in [0, 0.1) is 11.7 Å². The molecule has 1 atom stereocenters. The Bertz CT molecular complexity index is 371. The van der Waals surface area contributed by atoms with Gasteiger partial charge in [-0.15, -0.1) is 0 Å². The number of hydrogen-bond acceptors (Lipinski definition) is 2. The Kier molecular flexibility index (Phi) is 7.05. The molecule has 0 aliphatic carbocycles. The summed E-state index contributed by atoms with van der Waals surface area (Å²) >= 11 is 7.74. The zero-order valence-corrected chi connectivity index (χ0v) is 12.7. The van der Waals surface area contributed by atoms with E-state index in [1.54, 1.807) is 12.1 Å². The highest BCUT2D eigenvalue weighted by molar-refractivity contribution is 7.99. The van der Waals surface area contributed by atoms with E-state index in [0.29, 0.717) is 12.0 Å². The van der Waals surface area contributed by atoms with Gasteiger partial charge in [0.15, 0.2) is 0 Å². The summed E-state index contributed by atoms with van der Waals surface area (Å²) in [5.74, 6) is 2.59. The zero-order chi connectivity index (χ0) is 13.5. The van der Waals surface area contributed by atoms with Gasteiger partial charge in [-0.25, -0.2) is 4.39 Å². The summed E-state index contributed by atoms with van der Waals surface area (Å²) in [7, 11) is 1.96. The normalized spacial score (nSPS) is 13.0. The topological polar surface area (TPSA) is 12.0 Å². The van der Waals surface area contributed by atoms with E-state index >= 15 is 0 Å². The van der Waals surface area contributed by atoms with Gasteiger partial charge in [0.1, 0.15) is 5.82 Å². The van der Waals surface area contributed by atoms with E-state index in [4.69, 9.17) is 11.6 Å². The number of likely N-dealkylation sites (N-methyl/N-ethyl adjacent to an activating group) is 1. The van der Waals surface area contributed by atoms with E-state index in [9.17, 15) is 4.39 Å². The minimum atomic E-state index is -0.351. The molecule has 0 bridgehead atoms. The van der Waals surface area contributed by atoms with Gasteiger partial charge in [0, 0.05) is 11.8 Å². The SMILES string of the molecule is CNC(CSCC(C)C)Cc1ccc(F)c(Cl)c1. The van der Waals surface area contributed by atoms with Gasteiger partial charge in [-0.3, -0.25) is 0 Å². The monoisotopic (exact) mass is 289 g/mol. The minimum absolute atomic E-state index is 0.206. The number of hydrogen-bond donors (Lipinski definition) is 1. The Morgan fingerprint density at radius 2 is 2.06 bits per heavy atom. The van der Waals surface area contributed by atoms with Crippen molar-refractivity contribution >= 4 is 23.4 Å². The smallest absolute Gasteiger partial charge is 0.141 e. The van der Waals surface area contributed by atoms with Gasteiger partial charge in [0.25, 0.3) is 0 Å². The highest BCUT2D eigenvalue weighted by Crippen LogP contribution is 2.18. The van der Waals surface area contributed by atoms with Crippen LogP contribution in [0.5, 0.6) is 0 Å². The Hall–Kier alpha value is -0.250. The molecule has 1 rings (SSSR count). The molecule has 1 aromatic rings. The average molecular weight is 290 g/mol. The van der Waals surface area contributed by atoms with Gasteiger partial charge in [-0.2, -0.15) is 11.8 Å². The standard InChI is InChI=1S/C14H21ClFNS/c1-10(2)8-18-9-12(17-3)6-11-4-5-14(16)13(15)7-11/h4-5,7,10,12,17H,6,8-9H2,1-3H3. The van der Waals surface area contributed by atoms with Gasteiger partial charge in [-0.05, 0) is 42.8 Å². The maximum atomic E-state index is 13.1. The molecule has 0 spiro atoms. The lowest BCUT2D eigenvalue weighted by atomic mass is 10.1. The van der Waals surface area contributed by atoms with Crippen LogP contribution in [0.15, 0.2) is 18.2 Å². The average Bonchev–Trinajstić information content (AvgIpc) is 2.32. The molecule has 1 unspecified atom stereocenters. The van der Waals surface area contributed by atoms with Crippen LogP contribution in [0.25, 0.3) is 0 Å². The van der Waals surface area contributed by atoms with Crippen LogP contribution in [0.3, 0.4) is 0 Å². The first kappa shape index (κ1) is 15.8. The fourth-order valence-corrected chi connectivity index (χ4v) is 3.02. The quantitative estimate of drug-likeness (QED) is 0.814. The fraction of sp³-hybridized carbons (Fsp3) is 0.571. The number of benzene rings is 1. The van der Waals surface area contributed by atoms with Gasteiger partial charge in [0.05, 0.1) is 5.02 Å². The van der Waals surface area contributed by atoms with Gasteiger partial charge in [-0.1, -0.05) is 31.5 Å². The molecule has 1 nitrogen and oxygen atoms in total. The van der Waals surface area contributed by atoms with Crippen molar-refractivity contribution < 1.29 is 4.39 Å². The lowest BCUT2D eigenvalue weighted by Gasteiger charge is -2.16. The molecule has 0 fully saturated rings. The maximum absolute atomic E-state index is 13.1. The van der Waals surface area contributed by atoms with Crippen molar-refractivity contribution in [1.29, 1.82) is 0 Å². The van der Waals surface area contributed by atoms with Crippen LogP contribution in [0.2, 0.25) is 5.02 Å². The zero-order valence-electron chi connectivity index (χ0n) is 11.2. The Labute approximate surface area is 118 Å². The van der Waals surface area contributed by atoms with E-state index < -0.39 is 0 Å². The summed E-state index contributed by atoms with van der Waals surface area (Å²) in [6, 6.07) is 5.36. The van der Waals surface area contributed by atoms with Gasteiger partial charge < -0.3 is 5.32 Å². The van der Waals surface area contributed by atoms with Crippen molar-refractivity contribution in [3.05, 3.63) is 34.6 Å². The van der Waals surface area contributed by atoms with Crippen LogP contribution in [-0.2, 0) is 6.42 Å². The van der Waals surface area contributed by atoms with Crippen molar-refractivity contribution in [2.24, 2.45) is 5.92 Å². The Morgan fingerprint density at radius 1 is 1.33 bits per heavy atom. The van der Waals surface area contributed by atoms with E-state index in [0.717, 1.165) is 17.7 Å². The van der Waals surface area contributed by atoms with Crippen LogP contribution < -0.4 is 5.32 Å². The fourth-order valence-electron chi connectivity index (χ4n) is 1.64. The highest BCUT2D eigenvalue weighted by atomic mass is 35.5. The third-order valence-corrected chi connectivity index (χ3v) is 4.47. The summed E-state index contributed by atoms with van der Waals surface area (Å²) in [5, 5.41) is 3.51. The van der Waals surface area contributed by atoms with E-state index in [2.05, 4.69) is 19.2 Å². The molecular weight excluding hydrogens is 269 g/mol. The van der Waals surface area contributed by atoms with Gasteiger partial charge >= 0.3 is 0 Å². The molecule has 0 aliphatic rings.